The summed E-state index contributed by atoms with van der Waals surface area (Å²) in [6, 6.07) is 0. The Morgan fingerprint density at radius 1 is 1.20 bits per heavy atom. The lowest BCUT2D eigenvalue weighted by Crippen LogP contribution is -2.28. The Morgan fingerprint density at radius 3 is 2.07 bits per heavy atom. The summed E-state index contributed by atoms with van der Waals surface area (Å²) in [7, 11) is 0. The number of carboxylic acids is 2. The van der Waals surface area contributed by atoms with Crippen LogP contribution in [0.3, 0.4) is 0 Å². The highest BCUT2D eigenvalue weighted by atomic mass is 16.4. The monoisotopic (exact) mass is 213 g/mol. The average molecular weight is 213 g/mol. The van der Waals surface area contributed by atoms with Crippen molar-refractivity contribution in [2.75, 3.05) is 13.1 Å². The summed E-state index contributed by atoms with van der Waals surface area (Å²) in [6.07, 6.45) is 0.218. The molecular weight excluding hydrogens is 198 g/mol. The molecular formula is C10H15NO4. The number of nitrogens with zero attached hydrogens (tertiary/aromatic N) is 1. The lowest BCUT2D eigenvalue weighted by atomic mass is 10.2. The van der Waals surface area contributed by atoms with Crippen LogP contribution in [0.1, 0.15) is 13.3 Å². The van der Waals surface area contributed by atoms with E-state index in [1.807, 2.05) is 0 Å². The van der Waals surface area contributed by atoms with Gasteiger partial charge in [-0.2, -0.15) is 0 Å². The Kier molecular flexibility index (Phi) is 5.15. The summed E-state index contributed by atoms with van der Waals surface area (Å²) in [5, 5.41) is 17.2. The second-order valence-corrected chi connectivity index (χ2v) is 2.99. The SMILES string of the molecule is C=C(CCN(CC)C(=C)C(=O)O)C(=O)O. The molecule has 0 aliphatic carbocycles. The minimum Gasteiger partial charge on any atom is -0.478 e. The molecule has 0 amide bonds. The van der Waals surface area contributed by atoms with Crippen LogP contribution in [0.15, 0.2) is 24.4 Å². The number of likely N-dealkylation sites (N-methyl/N-ethyl adjacent to an activating group) is 1. The molecule has 0 unspecified atom stereocenters. The Bertz CT molecular complexity index is 296. The first-order chi connectivity index (χ1) is 6.90. The standard InChI is InChI=1S/C10H15NO4/c1-4-11(8(3)10(14)15)6-5-7(2)9(12)13/h2-6H2,1H3,(H,12,13)(H,14,15). The van der Waals surface area contributed by atoms with Gasteiger partial charge < -0.3 is 15.1 Å². The first-order valence-electron chi connectivity index (χ1n) is 4.48. The second kappa shape index (κ2) is 5.85. The molecule has 0 saturated carbocycles. The zero-order valence-corrected chi connectivity index (χ0v) is 8.69. The van der Waals surface area contributed by atoms with Crippen LogP contribution < -0.4 is 0 Å². The largest absolute Gasteiger partial charge is 0.478 e. The van der Waals surface area contributed by atoms with Crippen molar-refractivity contribution in [1.82, 2.24) is 4.90 Å². The van der Waals surface area contributed by atoms with Crippen LogP contribution in [0.5, 0.6) is 0 Å². The predicted molar refractivity (Wildman–Crippen MR) is 55.4 cm³/mol. The molecule has 0 fully saturated rings. The van der Waals surface area contributed by atoms with E-state index >= 15 is 0 Å². The Morgan fingerprint density at radius 2 is 1.73 bits per heavy atom. The second-order valence-electron chi connectivity index (χ2n) is 2.99. The maximum absolute atomic E-state index is 10.6. The third-order valence-electron chi connectivity index (χ3n) is 2.00. The van der Waals surface area contributed by atoms with E-state index in [1.165, 1.54) is 4.90 Å². The zero-order chi connectivity index (χ0) is 12.0. The summed E-state index contributed by atoms with van der Waals surface area (Å²) in [4.78, 5) is 22.5. The van der Waals surface area contributed by atoms with Gasteiger partial charge in [0.2, 0.25) is 0 Å². The molecule has 0 saturated heterocycles. The van der Waals surface area contributed by atoms with Gasteiger partial charge >= 0.3 is 11.9 Å². The number of carbonyl (C=O) groups is 2. The molecule has 0 heterocycles. The van der Waals surface area contributed by atoms with Crippen LogP contribution in [-0.2, 0) is 9.59 Å². The normalized spacial score (nSPS) is 9.40. The molecule has 0 aromatic rings. The Labute approximate surface area is 88.3 Å². The molecule has 0 rings (SSSR count). The maximum Gasteiger partial charge on any atom is 0.351 e. The van der Waals surface area contributed by atoms with Gasteiger partial charge in [-0.1, -0.05) is 13.2 Å². The smallest absolute Gasteiger partial charge is 0.351 e. The molecule has 0 spiro atoms. The first-order valence-corrected chi connectivity index (χ1v) is 4.48. The van der Waals surface area contributed by atoms with E-state index < -0.39 is 11.9 Å². The van der Waals surface area contributed by atoms with Crippen molar-refractivity contribution in [1.29, 1.82) is 0 Å². The van der Waals surface area contributed by atoms with Gasteiger partial charge in [0.05, 0.1) is 0 Å². The van der Waals surface area contributed by atoms with Gasteiger partial charge in [-0.05, 0) is 13.3 Å². The molecule has 0 radical (unpaired) electrons. The van der Waals surface area contributed by atoms with E-state index in [0.717, 1.165) is 0 Å². The van der Waals surface area contributed by atoms with E-state index in [2.05, 4.69) is 13.2 Å². The third-order valence-corrected chi connectivity index (χ3v) is 2.00. The Hall–Kier alpha value is -1.78. The molecule has 0 aliphatic heterocycles. The maximum atomic E-state index is 10.6. The minimum atomic E-state index is -1.10. The van der Waals surface area contributed by atoms with Crippen LogP contribution in [0.25, 0.3) is 0 Å². The van der Waals surface area contributed by atoms with E-state index in [4.69, 9.17) is 10.2 Å². The van der Waals surface area contributed by atoms with Crippen molar-refractivity contribution < 1.29 is 19.8 Å². The van der Waals surface area contributed by atoms with Crippen molar-refractivity contribution in [2.45, 2.75) is 13.3 Å². The minimum absolute atomic E-state index is 0.0318. The molecule has 0 atom stereocenters. The molecule has 2 N–H and O–H groups in total. The number of hydrogen-bond donors (Lipinski definition) is 2. The third kappa shape index (κ3) is 4.30. The molecule has 0 aromatic carbocycles. The highest BCUT2D eigenvalue weighted by Crippen LogP contribution is 2.06. The predicted octanol–water partition coefficient (Wildman–Crippen LogP) is 0.938. The summed E-state index contributed by atoms with van der Waals surface area (Å²) in [5.41, 5.74) is 0.0299. The summed E-state index contributed by atoms with van der Waals surface area (Å²) in [6.45, 7) is 9.30. The van der Waals surface area contributed by atoms with E-state index in [-0.39, 0.29) is 17.7 Å². The van der Waals surface area contributed by atoms with Crippen molar-refractivity contribution in [3.05, 3.63) is 24.4 Å². The van der Waals surface area contributed by atoms with Crippen LogP contribution in [0.2, 0.25) is 0 Å². The van der Waals surface area contributed by atoms with Gasteiger partial charge in [0, 0.05) is 18.7 Å². The lowest BCUT2D eigenvalue weighted by molar-refractivity contribution is -0.134. The Balaban J connectivity index is 4.24. The number of carboxylic acid groups (broad SMARTS) is 2. The van der Waals surface area contributed by atoms with E-state index in [0.29, 0.717) is 13.1 Å². The molecule has 15 heavy (non-hydrogen) atoms. The van der Waals surface area contributed by atoms with Crippen LogP contribution >= 0.6 is 0 Å². The molecule has 84 valence electrons. The summed E-state index contributed by atoms with van der Waals surface area (Å²) < 4.78 is 0. The van der Waals surface area contributed by atoms with Gasteiger partial charge in [0.15, 0.2) is 0 Å². The van der Waals surface area contributed by atoms with Crippen LogP contribution in [0, 0.1) is 0 Å². The van der Waals surface area contributed by atoms with E-state index in [9.17, 15) is 9.59 Å². The molecule has 0 aromatic heterocycles. The summed E-state index contributed by atoms with van der Waals surface area (Å²) >= 11 is 0. The van der Waals surface area contributed by atoms with Crippen molar-refractivity contribution >= 4 is 11.9 Å². The van der Waals surface area contributed by atoms with Crippen LogP contribution in [0.4, 0.5) is 0 Å². The fourth-order valence-corrected chi connectivity index (χ4v) is 0.996. The summed E-state index contributed by atoms with van der Waals surface area (Å²) in [5.74, 6) is -2.16. The van der Waals surface area contributed by atoms with Gasteiger partial charge in [-0.25, -0.2) is 9.59 Å². The lowest BCUT2D eigenvalue weighted by Gasteiger charge is -2.22. The highest BCUT2D eigenvalue weighted by molar-refractivity contribution is 5.86. The molecule has 0 bridgehead atoms. The van der Waals surface area contributed by atoms with Gasteiger partial charge in [0.25, 0.3) is 0 Å². The van der Waals surface area contributed by atoms with E-state index in [1.54, 1.807) is 6.92 Å². The topological polar surface area (TPSA) is 77.8 Å². The quantitative estimate of drug-likeness (QED) is 0.615. The molecule has 5 nitrogen and oxygen atoms in total. The van der Waals surface area contributed by atoms with Crippen molar-refractivity contribution in [3.8, 4) is 0 Å². The van der Waals surface area contributed by atoms with Gasteiger partial charge in [0.1, 0.15) is 5.70 Å². The van der Waals surface area contributed by atoms with Crippen molar-refractivity contribution in [3.63, 3.8) is 0 Å². The first kappa shape index (κ1) is 13.2. The average Bonchev–Trinajstić information content (AvgIpc) is 2.17. The number of aliphatic carboxylic acids is 2. The highest BCUT2D eigenvalue weighted by Gasteiger charge is 2.13. The van der Waals surface area contributed by atoms with Gasteiger partial charge in [-0.15, -0.1) is 0 Å². The van der Waals surface area contributed by atoms with Gasteiger partial charge in [-0.3, -0.25) is 0 Å². The number of rotatable bonds is 7. The zero-order valence-electron chi connectivity index (χ0n) is 8.69. The van der Waals surface area contributed by atoms with Crippen LogP contribution in [-0.4, -0.2) is 40.1 Å². The fraction of sp³-hybridized carbons (Fsp3) is 0.400. The molecule has 5 heteroatoms. The number of hydrogen-bond acceptors (Lipinski definition) is 3. The fourth-order valence-electron chi connectivity index (χ4n) is 0.996. The van der Waals surface area contributed by atoms with Crippen molar-refractivity contribution in [2.24, 2.45) is 0 Å². The molecule has 0 aliphatic rings.